The van der Waals surface area contributed by atoms with Crippen molar-refractivity contribution >= 4 is 18.3 Å². The lowest BCUT2D eigenvalue weighted by Gasteiger charge is -2.40. The molecule has 7 heteroatoms. The molecule has 2 saturated heterocycles. The first kappa shape index (κ1) is 16.2. The second kappa shape index (κ2) is 4.92. The molecule has 1 aromatic rings. The maximum Gasteiger partial charge on any atom is 0.494 e. The van der Waals surface area contributed by atoms with Crippen molar-refractivity contribution in [2.24, 2.45) is 0 Å². The van der Waals surface area contributed by atoms with Gasteiger partial charge in [-0.2, -0.15) is 5.26 Å². The van der Waals surface area contributed by atoms with Crippen molar-refractivity contribution in [2.45, 2.75) is 44.8 Å². The average Bonchev–Trinajstić information content (AvgIpc) is 2.64. The molecule has 2 aliphatic heterocycles. The van der Waals surface area contributed by atoms with Gasteiger partial charge in [0.15, 0.2) is 0 Å². The number of hydrogen-bond donors (Lipinski definition) is 0. The summed E-state index contributed by atoms with van der Waals surface area (Å²) in [5, 5.41) is 9.34. The fourth-order valence-electron chi connectivity index (χ4n) is 2.73. The number of nitrogens with zero attached hydrogens (tertiary/aromatic N) is 2. The number of anilines is 1. The number of rotatable bonds is 2. The molecule has 0 spiro atoms. The van der Waals surface area contributed by atoms with E-state index in [9.17, 15) is 14.0 Å². The Morgan fingerprint density at radius 3 is 2.17 bits per heavy atom. The lowest BCUT2D eigenvalue weighted by atomic mass is 9.78. The Hall–Kier alpha value is -1.65. The molecule has 3 rings (SSSR count). The van der Waals surface area contributed by atoms with Gasteiger partial charge in [0.05, 0.1) is 35.5 Å². The van der Waals surface area contributed by atoms with Gasteiger partial charge in [-0.05, 0) is 45.3 Å². The molecule has 1 aromatic carbocycles. The summed E-state index contributed by atoms with van der Waals surface area (Å²) < 4.78 is 38.0. The van der Waals surface area contributed by atoms with Crippen LogP contribution in [0.3, 0.4) is 0 Å². The van der Waals surface area contributed by atoms with Crippen molar-refractivity contribution in [1.29, 1.82) is 5.26 Å². The quantitative estimate of drug-likeness (QED) is 0.785. The first-order chi connectivity index (χ1) is 10.5. The fraction of sp³-hybridized carbons (Fsp3) is 0.562. The van der Waals surface area contributed by atoms with Crippen molar-refractivity contribution in [3.8, 4) is 6.07 Å². The predicted molar refractivity (Wildman–Crippen MR) is 84.0 cm³/mol. The lowest BCUT2D eigenvalue weighted by molar-refractivity contribution is -0.0262. The summed E-state index contributed by atoms with van der Waals surface area (Å²) >= 11 is 0. The van der Waals surface area contributed by atoms with Crippen LogP contribution in [0.25, 0.3) is 0 Å². The van der Waals surface area contributed by atoms with Crippen LogP contribution in [0.5, 0.6) is 0 Å². The molecule has 2 heterocycles. The fourth-order valence-corrected chi connectivity index (χ4v) is 2.73. The minimum Gasteiger partial charge on any atom is -0.399 e. The molecule has 4 nitrogen and oxygen atoms in total. The lowest BCUT2D eigenvalue weighted by Crippen LogP contribution is -2.56. The van der Waals surface area contributed by atoms with E-state index in [-0.39, 0.29) is 13.1 Å². The molecular formula is C16H19BF2N2O2. The van der Waals surface area contributed by atoms with Gasteiger partial charge in [-0.3, -0.25) is 0 Å². The highest BCUT2D eigenvalue weighted by Crippen LogP contribution is 2.37. The molecular weight excluding hydrogens is 301 g/mol. The highest BCUT2D eigenvalue weighted by Gasteiger charge is 2.52. The molecule has 0 unspecified atom stereocenters. The van der Waals surface area contributed by atoms with Gasteiger partial charge in [0.25, 0.3) is 5.92 Å². The van der Waals surface area contributed by atoms with Crippen LogP contribution in [-0.4, -0.2) is 37.3 Å². The second-order valence-corrected chi connectivity index (χ2v) is 7.19. The molecule has 2 fully saturated rings. The molecule has 0 saturated carbocycles. The van der Waals surface area contributed by atoms with E-state index >= 15 is 0 Å². The third-order valence-corrected chi connectivity index (χ3v) is 4.85. The number of halogens is 2. The normalized spacial score (nSPS) is 24.2. The van der Waals surface area contributed by atoms with Crippen molar-refractivity contribution in [3.63, 3.8) is 0 Å². The summed E-state index contributed by atoms with van der Waals surface area (Å²) in [6, 6.07) is 7.20. The van der Waals surface area contributed by atoms with Crippen LogP contribution in [0, 0.1) is 11.3 Å². The Labute approximate surface area is 135 Å². The summed E-state index contributed by atoms with van der Waals surface area (Å²) in [5.74, 6) is -2.67. The third-order valence-electron chi connectivity index (χ3n) is 4.85. The molecule has 0 aromatic heterocycles. The molecule has 0 aliphatic carbocycles. The molecule has 0 N–H and O–H groups in total. The van der Waals surface area contributed by atoms with Gasteiger partial charge in [-0.1, -0.05) is 6.07 Å². The standard InChI is InChI=1S/C16H19BF2N2O2/c1-14(2)15(3,4)23-17(22-14)12-5-6-13(11(7-12)8-20)21-9-16(18,19)10-21/h5-7H,9-10H2,1-4H3. The Morgan fingerprint density at radius 1 is 1.13 bits per heavy atom. The molecule has 0 bridgehead atoms. The van der Waals surface area contributed by atoms with Gasteiger partial charge < -0.3 is 14.2 Å². The number of hydrogen-bond acceptors (Lipinski definition) is 4. The monoisotopic (exact) mass is 320 g/mol. The van der Waals surface area contributed by atoms with Crippen LogP contribution in [0.2, 0.25) is 0 Å². The Bertz CT molecular complexity index is 661. The molecule has 2 aliphatic rings. The average molecular weight is 320 g/mol. The predicted octanol–water partition coefficient (Wildman–Crippen LogP) is 2.31. The van der Waals surface area contributed by atoms with E-state index in [1.165, 1.54) is 4.90 Å². The first-order valence-electron chi connectivity index (χ1n) is 7.57. The first-order valence-corrected chi connectivity index (χ1v) is 7.57. The van der Waals surface area contributed by atoms with E-state index in [0.29, 0.717) is 11.3 Å². The molecule has 0 amide bonds. The zero-order chi connectivity index (χ0) is 17.0. The largest absolute Gasteiger partial charge is 0.494 e. The summed E-state index contributed by atoms with van der Waals surface area (Å²) in [6.45, 7) is 7.11. The van der Waals surface area contributed by atoms with Gasteiger partial charge >= 0.3 is 7.12 Å². The summed E-state index contributed by atoms with van der Waals surface area (Å²) in [7, 11) is -0.570. The van der Waals surface area contributed by atoms with E-state index < -0.39 is 24.2 Å². The SMILES string of the molecule is CC1(C)OB(c2ccc(N3CC(F)(F)C3)c(C#N)c2)OC1(C)C. The van der Waals surface area contributed by atoms with Crippen LogP contribution in [-0.2, 0) is 9.31 Å². The van der Waals surface area contributed by atoms with Crippen LogP contribution >= 0.6 is 0 Å². The van der Waals surface area contributed by atoms with Gasteiger partial charge in [-0.25, -0.2) is 8.78 Å². The summed E-state index contributed by atoms with van der Waals surface area (Å²) in [6.07, 6.45) is 0. The van der Waals surface area contributed by atoms with Crippen molar-refractivity contribution in [3.05, 3.63) is 23.8 Å². The smallest absolute Gasteiger partial charge is 0.399 e. The Kier molecular flexibility index (Phi) is 3.47. The van der Waals surface area contributed by atoms with Crippen molar-refractivity contribution in [1.82, 2.24) is 0 Å². The molecule has 23 heavy (non-hydrogen) atoms. The van der Waals surface area contributed by atoms with Crippen molar-refractivity contribution in [2.75, 3.05) is 18.0 Å². The highest BCUT2D eigenvalue weighted by atomic mass is 19.3. The maximum atomic E-state index is 13.0. The minimum atomic E-state index is -2.67. The number of alkyl halides is 2. The van der Waals surface area contributed by atoms with E-state index in [0.717, 1.165) is 5.46 Å². The van der Waals surface area contributed by atoms with Crippen LogP contribution < -0.4 is 10.4 Å². The van der Waals surface area contributed by atoms with E-state index in [1.807, 2.05) is 27.7 Å². The zero-order valence-electron chi connectivity index (χ0n) is 13.7. The van der Waals surface area contributed by atoms with Gasteiger partial charge in [-0.15, -0.1) is 0 Å². The van der Waals surface area contributed by atoms with Gasteiger partial charge in [0.2, 0.25) is 0 Å². The minimum absolute atomic E-state index is 0.350. The van der Waals surface area contributed by atoms with Crippen LogP contribution in [0.15, 0.2) is 18.2 Å². The van der Waals surface area contributed by atoms with Crippen LogP contribution in [0.1, 0.15) is 33.3 Å². The van der Waals surface area contributed by atoms with E-state index in [2.05, 4.69) is 6.07 Å². The van der Waals surface area contributed by atoms with E-state index in [4.69, 9.17) is 9.31 Å². The van der Waals surface area contributed by atoms with Gasteiger partial charge in [0, 0.05) is 0 Å². The van der Waals surface area contributed by atoms with E-state index in [1.54, 1.807) is 18.2 Å². The Morgan fingerprint density at radius 2 is 1.70 bits per heavy atom. The molecule has 122 valence electrons. The highest BCUT2D eigenvalue weighted by molar-refractivity contribution is 6.62. The molecule has 0 atom stereocenters. The van der Waals surface area contributed by atoms with Crippen molar-refractivity contribution < 1.29 is 18.1 Å². The zero-order valence-corrected chi connectivity index (χ0v) is 13.7. The van der Waals surface area contributed by atoms with Crippen LogP contribution in [0.4, 0.5) is 14.5 Å². The number of benzene rings is 1. The summed E-state index contributed by atoms with van der Waals surface area (Å²) in [5.41, 5.74) is 0.661. The maximum absolute atomic E-state index is 13.0. The Balaban J connectivity index is 1.85. The molecule has 0 radical (unpaired) electrons. The topological polar surface area (TPSA) is 45.5 Å². The number of nitriles is 1. The van der Waals surface area contributed by atoms with Gasteiger partial charge in [0.1, 0.15) is 6.07 Å². The summed E-state index contributed by atoms with van der Waals surface area (Å²) in [4.78, 5) is 1.51. The third kappa shape index (κ3) is 2.70. The second-order valence-electron chi connectivity index (χ2n) is 7.19.